The van der Waals surface area contributed by atoms with Gasteiger partial charge < -0.3 is 5.32 Å². The molecule has 2 rings (SSSR count). The minimum atomic E-state index is -4.07. The number of rotatable bonds is 3. The number of nitrogens with two attached hydrogens (primary N) is 1. The summed E-state index contributed by atoms with van der Waals surface area (Å²) in [5, 5.41) is 7.91. The minimum absolute atomic E-state index is 0.0322. The molecular weight excluding hydrogens is 295 g/mol. The molecule has 0 heterocycles. The number of benzene rings is 1. The number of hydrogen-bond donors (Lipinski definition) is 2. The average molecular weight is 314 g/mol. The molecule has 0 bridgehead atoms. The topological polar surface area (TPSA) is 89.3 Å². The van der Waals surface area contributed by atoms with E-state index in [9.17, 15) is 17.6 Å². The highest BCUT2D eigenvalue weighted by Crippen LogP contribution is 2.29. The summed E-state index contributed by atoms with van der Waals surface area (Å²) in [7, 11) is -4.07. The van der Waals surface area contributed by atoms with E-state index in [0.29, 0.717) is 0 Å². The van der Waals surface area contributed by atoms with Crippen LogP contribution < -0.4 is 10.5 Å². The van der Waals surface area contributed by atoms with Crippen molar-refractivity contribution in [3.8, 4) is 0 Å². The van der Waals surface area contributed by atoms with Gasteiger partial charge in [0.05, 0.1) is 4.90 Å². The molecule has 1 aliphatic carbocycles. The van der Waals surface area contributed by atoms with E-state index in [-0.39, 0.29) is 21.6 Å². The molecule has 21 heavy (non-hydrogen) atoms. The highest BCUT2D eigenvalue weighted by atomic mass is 32.2. The van der Waals surface area contributed by atoms with Gasteiger partial charge >= 0.3 is 0 Å². The van der Waals surface area contributed by atoms with Gasteiger partial charge in [-0.2, -0.15) is 0 Å². The van der Waals surface area contributed by atoms with Crippen molar-refractivity contribution in [2.24, 2.45) is 5.14 Å². The van der Waals surface area contributed by atoms with Gasteiger partial charge in [-0.1, -0.05) is 12.8 Å². The second kappa shape index (κ2) is 5.38. The van der Waals surface area contributed by atoms with E-state index >= 15 is 0 Å². The lowest BCUT2D eigenvalue weighted by atomic mass is 10.00. The Hall–Kier alpha value is -1.47. The molecule has 1 amide bonds. The van der Waals surface area contributed by atoms with Crippen LogP contribution in [0.5, 0.6) is 0 Å². The molecule has 3 N–H and O–H groups in total. The molecule has 1 aromatic rings. The molecular formula is C14H19FN2O3S. The summed E-state index contributed by atoms with van der Waals surface area (Å²) in [5.41, 5.74) is -0.434. The van der Waals surface area contributed by atoms with Crippen LogP contribution >= 0.6 is 0 Å². The molecule has 1 fully saturated rings. The first kappa shape index (κ1) is 15.9. The van der Waals surface area contributed by atoms with Crippen LogP contribution in [0.1, 0.15) is 48.5 Å². The van der Waals surface area contributed by atoms with Crippen LogP contribution in [0.3, 0.4) is 0 Å². The highest BCUT2D eigenvalue weighted by molar-refractivity contribution is 7.89. The zero-order chi connectivity index (χ0) is 15.8. The molecule has 116 valence electrons. The number of hydrogen-bond acceptors (Lipinski definition) is 3. The molecule has 0 aromatic heterocycles. The maximum absolute atomic E-state index is 13.8. The lowest BCUT2D eigenvalue weighted by molar-refractivity contribution is 0.0907. The molecule has 0 unspecified atom stereocenters. The fourth-order valence-electron chi connectivity index (χ4n) is 2.71. The van der Waals surface area contributed by atoms with E-state index in [0.717, 1.165) is 37.8 Å². The van der Waals surface area contributed by atoms with Gasteiger partial charge in [-0.25, -0.2) is 17.9 Å². The van der Waals surface area contributed by atoms with Crippen molar-refractivity contribution in [3.05, 3.63) is 29.1 Å². The van der Waals surface area contributed by atoms with Crippen molar-refractivity contribution in [3.63, 3.8) is 0 Å². The van der Waals surface area contributed by atoms with Crippen LogP contribution in [0.25, 0.3) is 0 Å². The van der Waals surface area contributed by atoms with Gasteiger partial charge in [0.25, 0.3) is 5.91 Å². The monoisotopic (exact) mass is 314 g/mol. The van der Waals surface area contributed by atoms with E-state index in [1.807, 2.05) is 6.92 Å². The summed E-state index contributed by atoms with van der Waals surface area (Å²) < 4.78 is 36.8. The van der Waals surface area contributed by atoms with Crippen LogP contribution in [-0.4, -0.2) is 19.9 Å². The van der Waals surface area contributed by atoms with Gasteiger partial charge in [0.2, 0.25) is 10.0 Å². The van der Waals surface area contributed by atoms with Crippen molar-refractivity contribution in [1.29, 1.82) is 0 Å². The van der Waals surface area contributed by atoms with Crippen molar-refractivity contribution in [2.45, 2.75) is 50.0 Å². The number of amides is 1. The minimum Gasteiger partial charge on any atom is -0.347 e. The van der Waals surface area contributed by atoms with Crippen molar-refractivity contribution in [1.82, 2.24) is 5.32 Å². The summed E-state index contributed by atoms with van der Waals surface area (Å²) in [6, 6.07) is 2.17. The predicted octanol–water partition coefficient (Wildman–Crippen LogP) is 1.84. The Morgan fingerprint density at radius 2 is 1.90 bits per heavy atom. The lowest BCUT2D eigenvalue weighted by Gasteiger charge is -2.25. The van der Waals surface area contributed by atoms with Gasteiger partial charge in [0.15, 0.2) is 0 Å². The number of halogens is 1. The molecule has 0 saturated heterocycles. The van der Waals surface area contributed by atoms with Crippen molar-refractivity contribution < 1.29 is 17.6 Å². The van der Waals surface area contributed by atoms with Crippen LogP contribution in [0.15, 0.2) is 17.0 Å². The SMILES string of the molecule is Cc1c(F)cc(C(=O)NC2(C)CCCC2)cc1S(N)(=O)=O. The first-order chi connectivity index (χ1) is 9.62. The Labute approximate surface area is 123 Å². The van der Waals surface area contributed by atoms with E-state index in [2.05, 4.69) is 5.32 Å². The van der Waals surface area contributed by atoms with Gasteiger partial charge in [0, 0.05) is 16.7 Å². The number of carbonyl (C=O) groups excluding carboxylic acids is 1. The zero-order valence-electron chi connectivity index (χ0n) is 12.1. The number of primary sulfonamides is 1. The fraction of sp³-hybridized carbons (Fsp3) is 0.500. The Balaban J connectivity index is 2.36. The second-order valence-electron chi connectivity index (χ2n) is 5.85. The van der Waals surface area contributed by atoms with Gasteiger partial charge in [-0.05, 0) is 38.8 Å². The summed E-state index contributed by atoms with van der Waals surface area (Å²) in [4.78, 5) is 11.9. The number of carbonyl (C=O) groups is 1. The molecule has 0 aliphatic heterocycles. The summed E-state index contributed by atoms with van der Waals surface area (Å²) in [5.74, 6) is -1.24. The van der Waals surface area contributed by atoms with Crippen LogP contribution in [0.4, 0.5) is 4.39 Å². The first-order valence-electron chi connectivity index (χ1n) is 6.78. The molecule has 1 saturated carbocycles. The Kier molecular flexibility index (Phi) is 4.08. The summed E-state index contributed by atoms with van der Waals surface area (Å²) >= 11 is 0. The van der Waals surface area contributed by atoms with Gasteiger partial charge in [0.1, 0.15) is 5.82 Å². The van der Waals surface area contributed by atoms with Gasteiger partial charge in [-0.15, -0.1) is 0 Å². The van der Waals surface area contributed by atoms with E-state index in [4.69, 9.17) is 5.14 Å². The molecule has 7 heteroatoms. The first-order valence-corrected chi connectivity index (χ1v) is 8.32. The second-order valence-corrected chi connectivity index (χ2v) is 7.38. The van der Waals surface area contributed by atoms with E-state index < -0.39 is 21.7 Å². The van der Waals surface area contributed by atoms with Crippen LogP contribution in [-0.2, 0) is 10.0 Å². The normalized spacial score (nSPS) is 17.7. The molecule has 0 radical (unpaired) electrons. The van der Waals surface area contributed by atoms with E-state index in [1.54, 1.807) is 0 Å². The summed E-state index contributed by atoms with van der Waals surface area (Å²) in [6.07, 6.45) is 3.77. The summed E-state index contributed by atoms with van der Waals surface area (Å²) in [6.45, 7) is 3.25. The lowest BCUT2D eigenvalue weighted by Crippen LogP contribution is -2.43. The molecule has 5 nitrogen and oxygen atoms in total. The third-order valence-corrected chi connectivity index (χ3v) is 5.02. The average Bonchev–Trinajstić information content (AvgIpc) is 2.77. The third-order valence-electron chi connectivity index (χ3n) is 3.99. The number of sulfonamides is 1. The van der Waals surface area contributed by atoms with Gasteiger partial charge in [-0.3, -0.25) is 4.79 Å². The fourth-order valence-corrected chi connectivity index (χ4v) is 3.52. The smallest absolute Gasteiger partial charge is 0.251 e. The maximum Gasteiger partial charge on any atom is 0.251 e. The zero-order valence-corrected chi connectivity index (χ0v) is 12.9. The Bertz CT molecular complexity index is 680. The molecule has 0 spiro atoms. The van der Waals surface area contributed by atoms with Crippen LogP contribution in [0.2, 0.25) is 0 Å². The highest BCUT2D eigenvalue weighted by Gasteiger charge is 2.31. The van der Waals surface area contributed by atoms with E-state index in [1.165, 1.54) is 6.92 Å². The molecule has 1 aliphatic rings. The largest absolute Gasteiger partial charge is 0.347 e. The predicted molar refractivity (Wildman–Crippen MR) is 76.8 cm³/mol. The molecule has 1 aromatic carbocycles. The molecule has 0 atom stereocenters. The van der Waals surface area contributed by atoms with Crippen molar-refractivity contribution in [2.75, 3.05) is 0 Å². The number of nitrogens with one attached hydrogen (secondary N) is 1. The van der Waals surface area contributed by atoms with Crippen molar-refractivity contribution >= 4 is 15.9 Å². The Morgan fingerprint density at radius 1 is 1.33 bits per heavy atom. The third kappa shape index (κ3) is 3.41. The van der Waals surface area contributed by atoms with Crippen LogP contribution in [0, 0.1) is 12.7 Å². The maximum atomic E-state index is 13.8. The Morgan fingerprint density at radius 3 is 2.43 bits per heavy atom. The standard InChI is InChI=1S/C14H19FN2O3S/c1-9-11(15)7-10(8-12(9)21(16,19)20)13(18)17-14(2)5-3-4-6-14/h7-8H,3-6H2,1-2H3,(H,17,18)(H2,16,19,20). The quantitative estimate of drug-likeness (QED) is 0.892.